The number of aliphatic imine (C=N–C) groups is 1. The van der Waals surface area contributed by atoms with Crippen LogP contribution in [0, 0.1) is 13.8 Å². The van der Waals surface area contributed by atoms with Crippen LogP contribution in [-0.4, -0.2) is 57.8 Å². The number of nitrogens with zero attached hydrogens (tertiary/aromatic N) is 2. The molecule has 0 fully saturated rings. The molecular weight excluding hydrogens is 300 g/mol. The summed E-state index contributed by atoms with van der Waals surface area (Å²) >= 11 is 0. The van der Waals surface area contributed by atoms with Crippen molar-refractivity contribution in [2.45, 2.75) is 33.7 Å². The Kier molecular flexibility index (Phi) is 10.1. The average Bonchev–Trinajstić information content (AvgIpc) is 2.55. The summed E-state index contributed by atoms with van der Waals surface area (Å²) in [7, 11) is 3.86. The largest absolute Gasteiger partial charge is 0.383 e. The first kappa shape index (κ1) is 20.5. The molecule has 0 unspecified atom stereocenters. The van der Waals surface area contributed by atoms with Crippen molar-refractivity contribution >= 4 is 5.96 Å². The number of likely N-dealkylation sites (N-methyl/N-ethyl adjacent to an activating group) is 1. The van der Waals surface area contributed by atoms with Crippen LogP contribution in [0.2, 0.25) is 0 Å². The maximum atomic E-state index is 5.09. The van der Waals surface area contributed by atoms with Gasteiger partial charge in [-0.1, -0.05) is 23.8 Å². The zero-order valence-electron chi connectivity index (χ0n) is 16.0. The summed E-state index contributed by atoms with van der Waals surface area (Å²) in [6.07, 6.45) is 1.08. The van der Waals surface area contributed by atoms with Crippen molar-refractivity contribution in [3.63, 3.8) is 0 Å². The van der Waals surface area contributed by atoms with Crippen LogP contribution in [0.1, 0.15) is 30.0 Å². The molecule has 136 valence electrons. The van der Waals surface area contributed by atoms with E-state index < -0.39 is 0 Å². The normalized spacial score (nSPS) is 11.8. The van der Waals surface area contributed by atoms with E-state index in [2.05, 4.69) is 61.6 Å². The molecule has 5 nitrogen and oxygen atoms in total. The van der Waals surface area contributed by atoms with Crippen molar-refractivity contribution < 1.29 is 4.74 Å². The number of benzene rings is 1. The van der Waals surface area contributed by atoms with Gasteiger partial charge in [0.25, 0.3) is 0 Å². The molecule has 0 saturated heterocycles. The molecule has 5 heteroatoms. The predicted octanol–water partition coefficient (Wildman–Crippen LogP) is 2.33. The summed E-state index contributed by atoms with van der Waals surface area (Å²) < 4.78 is 5.09. The predicted molar refractivity (Wildman–Crippen MR) is 103 cm³/mol. The van der Waals surface area contributed by atoms with Gasteiger partial charge in [0, 0.05) is 26.7 Å². The second-order valence-corrected chi connectivity index (χ2v) is 6.20. The number of hydrogen-bond donors (Lipinski definition) is 2. The highest BCUT2D eigenvalue weighted by atomic mass is 16.5. The molecule has 1 aromatic carbocycles. The summed E-state index contributed by atoms with van der Waals surface area (Å²) in [4.78, 5) is 6.98. The van der Waals surface area contributed by atoms with Gasteiger partial charge in [-0.15, -0.1) is 0 Å². The Hall–Kier alpha value is -1.59. The molecule has 0 aromatic heterocycles. The topological polar surface area (TPSA) is 48.9 Å². The number of rotatable bonds is 10. The monoisotopic (exact) mass is 334 g/mol. The van der Waals surface area contributed by atoms with Crippen molar-refractivity contribution in [2.75, 3.05) is 46.9 Å². The van der Waals surface area contributed by atoms with Crippen molar-refractivity contribution in [3.8, 4) is 0 Å². The van der Waals surface area contributed by atoms with E-state index in [-0.39, 0.29) is 0 Å². The van der Waals surface area contributed by atoms with Gasteiger partial charge in [0.15, 0.2) is 5.96 Å². The van der Waals surface area contributed by atoms with Gasteiger partial charge in [-0.3, -0.25) is 0 Å². The second kappa shape index (κ2) is 11.9. The Morgan fingerprint density at radius 2 is 2.00 bits per heavy atom. The minimum absolute atomic E-state index is 0.704. The van der Waals surface area contributed by atoms with E-state index in [4.69, 9.17) is 9.73 Å². The van der Waals surface area contributed by atoms with Crippen LogP contribution < -0.4 is 10.6 Å². The fourth-order valence-corrected chi connectivity index (χ4v) is 2.44. The van der Waals surface area contributed by atoms with Gasteiger partial charge in [0.1, 0.15) is 0 Å². The number of aryl methyl sites for hydroxylation is 2. The van der Waals surface area contributed by atoms with Gasteiger partial charge in [-0.25, -0.2) is 4.99 Å². The molecular formula is C19H34N4O. The minimum Gasteiger partial charge on any atom is -0.383 e. The number of ether oxygens (including phenoxy) is 1. The van der Waals surface area contributed by atoms with Gasteiger partial charge in [-0.2, -0.15) is 0 Å². The fraction of sp³-hybridized carbons (Fsp3) is 0.632. The van der Waals surface area contributed by atoms with Gasteiger partial charge < -0.3 is 20.3 Å². The molecule has 1 rings (SSSR count). The second-order valence-electron chi connectivity index (χ2n) is 6.20. The summed E-state index contributed by atoms with van der Waals surface area (Å²) in [6.45, 7) is 11.6. The smallest absolute Gasteiger partial charge is 0.191 e. The first-order valence-corrected chi connectivity index (χ1v) is 8.82. The van der Waals surface area contributed by atoms with Crippen molar-refractivity contribution in [3.05, 3.63) is 34.9 Å². The molecule has 24 heavy (non-hydrogen) atoms. The number of methoxy groups -OCH3 is 1. The van der Waals surface area contributed by atoms with E-state index in [0.717, 1.165) is 45.2 Å². The Bertz CT molecular complexity index is 502. The molecule has 0 saturated carbocycles. The lowest BCUT2D eigenvalue weighted by molar-refractivity contribution is 0.161. The molecule has 1 aromatic rings. The first-order chi connectivity index (χ1) is 11.6. The standard InChI is InChI=1S/C19H34N4O/c1-6-20-19(21-10-7-11-23(4)12-13-24-5)22-15-18-9-8-16(2)14-17(18)3/h8-9,14H,6-7,10-13,15H2,1-5H3,(H2,20,21,22). The van der Waals surface area contributed by atoms with Crippen LogP contribution in [0.15, 0.2) is 23.2 Å². The van der Waals surface area contributed by atoms with E-state index >= 15 is 0 Å². The third kappa shape index (κ3) is 8.31. The summed E-state index contributed by atoms with van der Waals surface area (Å²) in [5.74, 6) is 0.886. The van der Waals surface area contributed by atoms with Crippen molar-refractivity contribution in [1.82, 2.24) is 15.5 Å². The molecule has 0 atom stereocenters. The van der Waals surface area contributed by atoms with E-state index in [9.17, 15) is 0 Å². The molecule has 2 N–H and O–H groups in total. The Balaban J connectivity index is 2.42. The lowest BCUT2D eigenvalue weighted by Crippen LogP contribution is -2.38. The van der Waals surface area contributed by atoms with Crippen LogP contribution in [0.3, 0.4) is 0 Å². The van der Waals surface area contributed by atoms with Crippen molar-refractivity contribution in [1.29, 1.82) is 0 Å². The highest BCUT2D eigenvalue weighted by Crippen LogP contribution is 2.11. The molecule has 0 aliphatic heterocycles. The Morgan fingerprint density at radius 1 is 1.21 bits per heavy atom. The molecule has 0 bridgehead atoms. The SMILES string of the molecule is CCNC(=NCc1ccc(C)cc1C)NCCCN(C)CCOC. The summed E-state index contributed by atoms with van der Waals surface area (Å²) in [5.41, 5.74) is 3.87. The average molecular weight is 335 g/mol. The van der Waals surface area contributed by atoms with Gasteiger partial charge in [0.2, 0.25) is 0 Å². The lowest BCUT2D eigenvalue weighted by Gasteiger charge is -2.17. The maximum Gasteiger partial charge on any atom is 0.191 e. The summed E-state index contributed by atoms with van der Waals surface area (Å²) in [6, 6.07) is 6.53. The van der Waals surface area contributed by atoms with Crippen LogP contribution in [-0.2, 0) is 11.3 Å². The molecule has 0 radical (unpaired) electrons. The van der Waals surface area contributed by atoms with E-state index in [1.54, 1.807) is 7.11 Å². The maximum absolute atomic E-state index is 5.09. The zero-order chi connectivity index (χ0) is 17.8. The fourth-order valence-electron chi connectivity index (χ4n) is 2.44. The highest BCUT2D eigenvalue weighted by Gasteiger charge is 2.01. The van der Waals surface area contributed by atoms with Crippen LogP contribution in [0.4, 0.5) is 0 Å². The Labute approximate surface area is 147 Å². The molecule has 0 aliphatic carbocycles. The van der Waals surface area contributed by atoms with Gasteiger partial charge in [0.05, 0.1) is 13.2 Å². The van der Waals surface area contributed by atoms with Gasteiger partial charge >= 0.3 is 0 Å². The zero-order valence-corrected chi connectivity index (χ0v) is 16.0. The molecule has 0 spiro atoms. The van der Waals surface area contributed by atoms with Crippen LogP contribution in [0.5, 0.6) is 0 Å². The number of nitrogens with one attached hydrogen (secondary N) is 2. The summed E-state index contributed by atoms with van der Waals surface area (Å²) in [5, 5.41) is 6.73. The Morgan fingerprint density at radius 3 is 2.67 bits per heavy atom. The molecule has 0 heterocycles. The highest BCUT2D eigenvalue weighted by molar-refractivity contribution is 5.79. The van der Waals surface area contributed by atoms with Crippen molar-refractivity contribution in [2.24, 2.45) is 4.99 Å². The lowest BCUT2D eigenvalue weighted by atomic mass is 10.1. The van der Waals surface area contributed by atoms with E-state index in [0.29, 0.717) is 6.54 Å². The van der Waals surface area contributed by atoms with E-state index in [1.165, 1.54) is 16.7 Å². The minimum atomic E-state index is 0.704. The van der Waals surface area contributed by atoms with Crippen LogP contribution >= 0.6 is 0 Å². The number of hydrogen-bond acceptors (Lipinski definition) is 3. The first-order valence-electron chi connectivity index (χ1n) is 8.82. The molecule has 0 amide bonds. The van der Waals surface area contributed by atoms with E-state index in [1.807, 2.05) is 0 Å². The van der Waals surface area contributed by atoms with Crippen LogP contribution in [0.25, 0.3) is 0 Å². The third-order valence-electron chi connectivity index (χ3n) is 3.94. The molecule has 0 aliphatic rings. The quantitative estimate of drug-likeness (QED) is 0.392. The third-order valence-corrected chi connectivity index (χ3v) is 3.94. The number of guanidine groups is 1. The van der Waals surface area contributed by atoms with Gasteiger partial charge in [-0.05, 0) is 51.9 Å².